The van der Waals surface area contributed by atoms with Gasteiger partial charge in [0, 0.05) is 12.7 Å². The van der Waals surface area contributed by atoms with Crippen LogP contribution in [0, 0.1) is 11.8 Å². The Morgan fingerprint density at radius 3 is 3.06 bits per heavy atom. The summed E-state index contributed by atoms with van der Waals surface area (Å²) in [5, 5.41) is 6.15. The SMILES string of the molecule is C[C@@H]1CNC[C@H]1C(=O)NCc1ccccn1. The average molecular weight is 219 g/mol. The van der Waals surface area contributed by atoms with Crippen LogP contribution >= 0.6 is 0 Å². The van der Waals surface area contributed by atoms with Gasteiger partial charge in [-0.3, -0.25) is 9.78 Å². The molecule has 1 aliphatic rings. The standard InChI is InChI=1S/C12H17N3O/c1-9-6-13-8-11(9)12(16)15-7-10-4-2-3-5-14-10/h2-5,9,11,13H,6-8H2,1H3,(H,15,16)/t9-,11-/m1/s1. The lowest BCUT2D eigenvalue weighted by Gasteiger charge is -2.13. The van der Waals surface area contributed by atoms with Gasteiger partial charge >= 0.3 is 0 Å². The van der Waals surface area contributed by atoms with E-state index in [2.05, 4.69) is 22.5 Å². The minimum absolute atomic E-state index is 0.101. The summed E-state index contributed by atoms with van der Waals surface area (Å²) in [5.41, 5.74) is 0.898. The molecular weight excluding hydrogens is 202 g/mol. The number of hydrogen-bond donors (Lipinski definition) is 2. The molecule has 0 spiro atoms. The van der Waals surface area contributed by atoms with Crippen LogP contribution in [-0.2, 0) is 11.3 Å². The second-order valence-corrected chi connectivity index (χ2v) is 4.28. The Hall–Kier alpha value is -1.42. The summed E-state index contributed by atoms with van der Waals surface area (Å²) in [7, 11) is 0. The van der Waals surface area contributed by atoms with Gasteiger partial charge in [0.1, 0.15) is 0 Å². The molecule has 0 radical (unpaired) electrons. The molecule has 4 heteroatoms. The molecule has 2 atom stereocenters. The molecule has 0 unspecified atom stereocenters. The first-order chi connectivity index (χ1) is 7.77. The molecule has 0 bridgehead atoms. The number of carbonyl (C=O) groups excluding carboxylic acids is 1. The van der Waals surface area contributed by atoms with Crippen molar-refractivity contribution in [1.29, 1.82) is 0 Å². The summed E-state index contributed by atoms with van der Waals surface area (Å²) >= 11 is 0. The highest BCUT2D eigenvalue weighted by Gasteiger charge is 2.29. The van der Waals surface area contributed by atoms with Gasteiger partial charge in [-0.2, -0.15) is 0 Å². The Labute approximate surface area is 95.5 Å². The van der Waals surface area contributed by atoms with Gasteiger partial charge in [0.05, 0.1) is 18.2 Å². The maximum absolute atomic E-state index is 11.9. The molecule has 1 amide bonds. The zero-order valence-corrected chi connectivity index (χ0v) is 9.44. The summed E-state index contributed by atoms with van der Waals surface area (Å²) in [6.45, 7) is 4.34. The fourth-order valence-corrected chi connectivity index (χ4v) is 1.97. The molecule has 0 aromatic carbocycles. The van der Waals surface area contributed by atoms with Crippen LogP contribution in [0.5, 0.6) is 0 Å². The number of amides is 1. The van der Waals surface area contributed by atoms with E-state index in [1.165, 1.54) is 0 Å². The molecule has 2 heterocycles. The molecule has 4 nitrogen and oxygen atoms in total. The highest BCUT2D eigenvalue weighted by atomic mass is 16.1. The van der Waals surface area contributed by atoms with Gasteiger partial charge in [-0.05, 0) is 24.6 Å². The molecule has 1 aromatic heterocycles. The third-order valence-corrected chi connectivity index (χ3v) is 3.02. The molecular formula is C12H17N3O. The van der Waals surface area contributed by atoms with Crippen LogP contribution in [0.1, 0.15) is 12.6 Å². The summed E-state index contributed by atoms with van der Waals surface area (Å²) in [6, 6.07) is 5.71. The monoisotopic (exact) mass is 219 g/mol. The predicted octanol–water partition coefficient (Wildman–Crippen LogP) is 0.553. The zero-order valence-electron chi connectivity index (χ0n) is 9.44. The van der Waals surface area contributed by atoms with Crippen molar-refractivity contribution in [3.63, 3.8) is 0 Å². The van der Waals surface area contributed by atoms with Crippen molar-refractivity contribution < 1.29 is 4.79 Å². The first-order valence-corrected chi connectivity index (χ1v) is 5.65. The Morgan fingerprint density at radius 1 is 1.56 bits per heavy atom. The highest BCUT2D eigenvalue weighted by Crippen LogP contribution is 2.15. The number of nitrogens with zero attached hydrogens (tertiary/aromatic N) is 1. The van der Waals surface area contributed by atoms with Gasteiger partial charge < -0.3 is 10.6 Å². The van der Waals surface area contributed by atoms with E-state index in [-0.39, 0.29) is 11.8 Å². The van der Waals surface area contributed by atoms with Crippen LogP contribution in [0.2, 0.25) is 0 Å². The Balaban J connectivity index is 1.84. The molecule has 1 fully saturated rings. The number of aromatic nitrogens is 1. The van der Waals surface area contributed by atoms with E-state index in [4.69, 9.17) is 0 Å². The van der Waals surface area contributed by atoms with E-state index in [1.807, 2.05) is 18.2 Å². The first-order valence-electron chi connectivity index (χ1n) is 5.65. The lowest BCUT2D eigenvalue weighted by atomic mass is 9.97. The summed E-state index contributed by atoms with van der Waals surface area (Å²) in [4.78, 5) is 16.0. The van der Waals surface area contributed by atoms with Crippen LogP contribution in [0.4, 0.5) is 0 Å². The van der Waals surface area contributed by atoms with Crippen molar-refractivity contribution in [1.82, 2.24) is 15.6 Å². The van der Waals surface area contributed by atoms with Gasteiger partial charge in [-0.25, -0.2) is 0 Å². The maximum atomic E-state index is 11.9. The van der Waals surface area contributed by atoms with Crippen molar-refractivity contribution in [2.45, 2.75) is 13.5 Å². The molecule has 0 saturated carbocycles. The van der Waals surface area contributed by atoms with E-state index in [0.717, 1.165) is 18.8 Å². The fourth-order valence-electron chi connectivity index (χ4n) is 1.97. The molecule has 2 rings (SSSR count). The average Bonchev–Trinajstić information content (AvgIpc) is 2.74. The minimum atomic E-state index is 0.101. The number of nitrogens with one attached hydrogen (secondary N) is 2. The predicted molar refractivity (Wildman–Crippen MR) is 61.6 cm³/mol. The molecule has 2 N–H and O–H groups in total. The largest absolute Gasteiger partial charge is 0.350 e. The lowest BCUT2D eigenvalue weighted by molar-refractivity contribution is -0.125. The number of pyridine rings is 1. The Morgan fingerprint density at radius 2 is 2.44 bits per heavy atom. The molecule has 1 saturated heterocycles. The van der Waals surface area contributed by atoms with Crippen LogP contribution in [0.3, 0.4) is 0 Å². The lowest BCUT2D eigenvalue weighted by Crippen LogP contribution is -2.34. The summed E-state index contributed by atoms with van der Waals surface area (Å²) in [6.07, 6.45) is 1.74. The van der Waals surface area contributed by atoms with Gasteiger partial charge in [-0.15, -0.1) is 0 Å². The van der Waals surface area contributed by atoms with Crippen molar-refractivity contribution in [2.75, 3.05) is 13.1 Å². The molecule has 1 aromatic rings. The zero-order chi connectivity index (χ0) is 11.4. The first kappa shape index (κ1) is 11.1. The summed E-state index contributed by atoms with van der Waals surface area (Å²) in [5.74, 6) is 0.649. The molecule has 0 aliphatic carbocycles. The van der Waals surface area contributed by atoms with Crippen LogP contribution < -0.4 is 10.6 Å². The van der Waals surface area contributed by atoms with Crippen LogP contribution in [0.15, 0.2) is 24.4 Å². The normalized spacial score (nSPS) is 24.3. The van der Waals surface area contributed by atoms with Gasteiger partial charge in [-0.1, -0.05) is 13.0 Å². The number of rotatable bonds is 3. The maximum Gasteiger partial charge on any atom is 0.225 e. The van der Waals surface area contributed by atoms with Gasteiger partial charge in [0.25, 0.3) is 0 Å². The van der Waals surface area contributed by atoms with Crippen molar-refractivity contribution in [3.8, 4) is 0 Å². The van der Waals surface area contributed by atoms with Crippen molar-refractivity contribution in [3.05, 3.63) is 30.1 Å². The second-order valence-electron chi connectivity index (χ2n) is 4.28. The van der Waals surface area contributed by atoms with E-state index in [0.29, 0.717) is 12.5 Å². The van der Waals surface area contributed by atoms with Crippen LogP contribution in [0.25, 0.3) is 0 Å². The van der Waals surface area contributed by atoms with Crippen molar-refractivity contribution in [2.24, 2.45) is 11.8 Å². The number of hydrogen-bond acceptors (Lipinski definition) is 3. The minimum Gasteiger partial charge on any atom is -0.350 e. The third kappa shape index (κ3) is 2.58. The fraction of sp³-hybridized carbons (Fsp3) is 0.500. The van der Waals surface area contributed by atoms with E-state index < -0.39 is 0 Å². The van der Waals surface area contributed by atoms with Crippen LogP contribution in [-0.4, -0.2) is 24.0 Å². The Kier molecular flexibility index (Phi) is 3.51. The molecule has 1 aliphatic heterocycles. The molecule has 86 valence electrons. The second kappa shape index (κ2) is 5.07. The smallest absolute Gasteiger partial charge is 0.225 e. The third-order valence-electron chi connectivity index (χ3n) is 3.02. The number of carbonyl (C=O) groups is 1. The topological polar surface area (TPSA) is 54.0 Å². The summed E-state index contributed by atoms with van der Waals surface area (Å²) < 4.78 is 0. The van der Waals surface area contributed by atoms with Gasteiger partial charge in [0.2, 0.25) is 5.91 Å². The Bertz CT molecular complexity index is 353. The van der Waals surface area contributed by atoms with Crippen molar-refractivity contribution >= 4 is 5.91 Å². The van der Waals surface area contributed by atoms with E-state index in [1.54, 1.807) is 6.20 Å². The molecule has 16 heavy (non-hydrogen) atoms. The van der Waals surface area contributed by atoms with E-state index >= 15 is 0 Å². The van der Waals surface area contributed by atoms with Gasteiger partial charge in [0.15, 0.2) is 0 Å². The quantitative estimate of drug-likeness (QED) is 0.780. The highest BCUT2D eigenvalue weighted by molar-refractivity contribution is 5.79. The van der Waals surface area contributed by atoms with E-state index in [9.17, 15) is 4.79 Å².